The topological polar surface area (TPSA) is 20.2 Å². The highest BCUT2D eigenvalue weighted by molar-refractivity contribution is 4.96. The van der Waals surface area contributed by atoms with Crippen molar-refractivity contribution in [3.8, 4) is 0 Å². The Hall–Kier alpha value is -0.560. The highest BCUT2D eigenvalue weighted by Crippen LogP contribution is 2.07. The average Bonchev–Trinajstić information content (AvgIpc) is 2.16. The molecule has 0 spiro atoms. The van der Waals surface area contributed by atoms with E-state index < -0.39 is 0 Å². The monoisotopic (exact) mass is 182 g/mol. The molecule has 0 aliphatic rings. The van der Waals surface area contributed by atoms with E-state index in [1.807, 2.05) is 12.2 Å². The number of allylic oxidation sites excluding steroid dienone is 3. The molecule has 76 valence electrons. The van der Waals surface area contributed by atoms with Crippen LogP contribution in [-0.4, -0.2) is 11.7 Å². The molecule has 0 aliphatic carbocycles. The summed E-state index contributed by atoms with van der Waals surface area (Å²) in [7, 11) is 0. The van der Waals surface area contributed by atoms with Crippen LogP contribution in [0.5, 0.6) is 0 Å². The molecule has 0 radical (unpaired) electrons. The lowest BCUT2D eigenvalue weighted by molar-refractivity contribution is 0.282. The molecule has 0 aromatic heterocycles. The van der Waals surface area contributed by atoms with Gasteiger partial charge in [0, 0.05) is 6.61 Å². The Morgan fingerprint density at radius 2 is 1.54 bits per heavy atom. The third kappa shape index (κ3) is 11.4. The standard InChI is InChI=1S/C12H22O/c1-2-3-4-5-6-7-8-9-10-11-12-13/h2-4,13H,1,5-12H2/b4-3-. The van der Waals surface area contributed by atoms with Crippen LogP contribution in [0.3, 0.4) is 0 Å². The largest absolute Gasteiger partial charge is 0.396 e. The molecule has 0 heterocycles. The highest BCUT2D eigenvalue weighted by Gasteiger charge is 1.88. The molecule has 0 aliphatic heterocycles. The van der Waals surface area contributed by atoms with Crippen molar-refractivity contribution in [3.63, 3.8) is 0 Å². The molecule has 1 nitrogen and oxygen atoms in total. The van der Waals surface area contributed by atoms with Crippen molar-refractivity contribution in [2.24, 2.45) is 0 Å². The molecule has 0 saturated heterocycles. The minimum atomic E-state index is 0.349. The lowest BCUT2D eigenvalue weighted by Crippen LogP contribution is -1.83. The summed E-state index contributed by atoms with van der Waals surface area (Å²) in [5, 5.41) is 8.55. The number of aliphatic hydroxyl groups is 1. The van der Waals surface area contributed by atoms with Crippen LogP contribution >= 0.6 is 0 Å². The van der Waals surface area contributed by atoms with Crippen molar-refractivity contribution in [1.29, 1.82) is 0 Å². The maximum Gasteiger partial charge on any atom is 0.0431 e. The Morgan fingerprint density at radius 3 is 2.15 bits per heavy atom. The number of rotatable bonds is 9. The van der Waals surface area contributed by atoms with Gasteiger partial charge in [0.1, 0.15) is 0 Å². The fraction of sp³-hybridized carbons (Fsp3) is 0.667. The van der Waals surface area contributed by atoms with E-state index in [0.29, 0.717) is 6.61 Å². The Bertz CT molecular complexity index is 127. The summed E-state index contributed by atoms with van der Waals surface area (Å²) < 4.78 is 0. The van der Waals surface area contributed by atoms with Gasteiger partial charge >= 0.3 is 0 Å². The van der Waals surface area contributed by atoms with Gasteiger partial charge in [0.05, 0.1) is 0 Å². The maximum absolute atomic E-state index is 8.55. The number of aliphatic hydroxyl groups excluding tert-OH is 1. The fourth-order valence-electron chi connectivity index (χ4n) is 1.27. The van der Waals surface area contributed by atoms with Gasteiger partial charge in [-0.05, 0) is 19.3 Å². The maximum atomic E-state index is 8.55. The second-order valence-electron chi connectivity index (χ2n) is 3.30. The Kier molecular flexibility index (Phi) is 10.9. The van der Waals surface area contributed by atoms with Crippen LogP contribution < -0.4 is 0 Å². The molecule has 1 N–H and O–H groups in total. The predicted octanol–water partition coefficient (Wildman–Crippen LogP) is 3.45. The van der Waals surface area contributed by atoms with E-state index in [1.54, 1.807) is 0 Å². The van der Waals surface area contributed by atoms with Crippen LogP contribution in [0, 0.1) is 0 Å². The van der Waals surface area contributed by atoms with Crippen LogP contribution in [0.25, 0.3) is 0 Å². The van der Waals surface area contributed by atoms with Gasteiger partial charge in [-0.1, -0.05) is 50.5 Å². The molecule has 13 heavy (non-hydrogen) atoms. The van der Waals surface area contributed by atoms with Gasteiger partial charge in [0.15, 0.2) is 0 Å². The number of hydrogen-bond acceptors (Lipinski definition) is 1. The molecule has 0 rings (SSSR count). The molecule has 0 aromatic rings. The van der Waals surface area contributed by atoms with Gasteiger partial charge in [-0.3, -0.25) is 0 Å². The summed E-state index contributed by atoms with van der Waals surface area (Å²) >= 11 is 0. The van der Waals surface area contributed by atoms with E-state index in [0.717, 1.165) is 6.42 Å². The number of hydrogen-bond donors (Lipinski definition) is 1. The number of unbranched alkanes of at least 4 members (excludes halogenated alkanes) is 6. The van der Waals surface area contributed by atoms with Gasteiger partial charge in [0.2, 0.25) is 0 Å². The summed E-state index contributed by atoms with van der Waals surface area (Å²) in [6.45, 7) is 3.97. The summed E-state index contributed by atoms with van der Waals surface area (Å²) in [5.41, 5.74) is 0. The molecule has 0 amide bonds. The van der Waals surface area contributed by atoms with Crippen molar-refractivity contribution in [3.05, 3.63) is 24.8 Å². The van der Waals surface area contributed by atoms with Crippen LogP contribution in [0.4, 0.5) is 0 Å². The minimum absolute atomic E-state index is 0.349. The van der Waals surface area contributed by atoms with Crippen molar-refractivity contribution in [1.82, 2.24) is 0 Å². The summed E-state index contributed by atoms with van der Waals surface area (Å²) in [5.74, 6) is 0. The Balaban J connectivity index is 2.91. The van der Waals surface area contributed by atoms with E-state index in [9.17, 15) is 0 Å². The summed E-state index contributed by atoms with van der Waals surface area (Å²) in [6.07, 6.45) is 14.5. The summed E-state index contributed by atoms with van der Waals surface area (Å²) in [4.78, 5) is 0. The molecular formula is C12H22O. The third-order valence-electron chi connectivity index (χ3n) is 2.05. The van der Waals surface area contributed by atoms with Crippen molar-refractivity contribution in [2.45, 2.75) is 44.9 Å². The van der Waals surface area contributed by atoms with Gasteiger partial charge in [-0.15, -0.1) is 0 Å². The van der Waals surface area contributed by atoms with Crippen LogP contribution in [-0.2, 0) is 0 Å². The molecule has 1 heteroatoms. The quantitative estimate of drug-likeness (QED) is 0.428. The van der Waals surface area contributed by atoms with Crippen LogP contribution in [0.15, 0.2) is 24.8 Å². The van der Waals surface area contributed by atoms with Crippen molar-refractivity contribution < 1.29 is 5.11 Å². The van der Waals surface area contributed by atoms with E-state index in [1.165, 1.54) is 38.5 Å². The fourth-order valence-corrected chi connectivity index (χ4v) is 1.27. The second kappa shape index (κ2) is 11.4. The van der Waals surface area contributed by atoms with Gasteiger partial charge in [-0.2, -0.15) is 0 Å². The minimum Gasteiger partial charge on any atom is -0.396 e. The SMILES string of the molecule is C=C/C=C\CCCCCCCCO. The zero-order valence-electron chi connectivity index (χ0n) is 8.54. The van der Waals surface area contributed by atoms with Crippen LogP contribution in [0.2, 0.25) is 0 Å². The van der Waals surface area contributed by atoms with E-state index in [2.05, 4.69) is 12.7 Å². The Labute approximate surface area is 82.2 Å². The van der Waals surface area contributed by atoms with Crippen molar-refractivity contribution >= 4 is 0 Å². The lowest BCUT2D eigenvalue weighted by atomic mass is 10.1. The Morgan fingerprint density at radius 1 is 0.923 bits per heavy atom. The van der Waals surface area contributed by atoms with Gasteiger partial charge in [-0.25, -0.2) is 0 Å². The lowest BCUT2D eigenvalue weighted by Gasteiger charge is -1.98. The molecule has 0 saturated carbocycles. The van der Waals surface area contributed by atoms with Gasteiger partial charge < -0.3 is 5.11 Å². The smallest absolute Gasteiger partial charge is 0.0431 e. The highest BCUT2D eigenvalue weighted by atomic mass is 16.2. The second-order valence-corrected chi connectivity index (χ2v) is 3.30. The third-order valence-corrected chi connectivity index (χ3v) is 2.05. The molecular weight excluding hydrogens is 160 g/mol. The molecule has 0 atom stereocenters. The molecule has 0 fully saturated rings. The van der Waals surface area contributed by atoms with Crippen LogP contribution in [0.1, 0.15) is 44.9 Å². The first-order valence-electron chi connectivity index (χ1n) is 5.30. The van der Waals surface area contributed by atoms with E-state index in [4.69, 9.17) is 5.11 Å². The molecule has 0 bridgehead atoms. The molecule has 0 unspecified atom stereocenters. The predicted molar refractivity (Wildman–Crippen MR) is 58.7 cm³/mol. The summed E-state index contributed by atoms with van der Waals surface area (Å²) in [6, 6.07) is 0. The van der Waals surface area contributed by atoms with Crippen molar-refractivity contribution in [2.75, 3.05) is 6.61 Å². The average molecular weight is 182 g/mol. The van der Waals surface area contributed by atoms with Gasteiger partial charge in [0.25, 0.3) is 0 Å². The molecule has 0 aromatic carbocycles. The zero-order chi connectivity index (χ0) is 9.78. The first-order chi connectivity index (χ1) is 6.41. The first kappa shape index (κ1) is 12.4. The zero-order valence-corrected chi connectivity index (χ0v) is 8.54. The van der Waals surface area contributed by atoms with E-state index in [-0.39, 0.29) is 0 Å². The first-order valence-corrected chi connectivity index (χ1v) is 5.30. The normalized spacial score (nSPS) is 10.8. The van der Waals surface area contributed by atoms with E-state index >= 15 is 0 Å².